The molecule has 1 saturated heterocycles. The van der Waals surface area contributed by atoms with Gasteiger partial charge in [-0.3, -0.25) is 0 Å². The average Bonchev–Trinajstić information content (AvgIpc) is 2.35. The molecule has 0 aromatic rings. The van der Waals surface area contributed by atoms with E-state index in [1.165, 1.54) is 0 Å². The monoisotopic (exact) mass is 124 g/mol. The zero-order valence-corrected chi connectivity index (χ0v) is 5.98. The molecule has 1 nitrogen and oxygen atoms in total. The lowest BCUT2D eigenvalue weighted by Gasteiger charge is -1.88. The van der Waals surface area contributed by atoms with Gasteiger partial charge in [-0.2, -0.15) is 0 Å². The minimum absolute atomic E-state index is 0.118. The molecule has 0 radical (unpaired) electrons. The van der Waals surface area contributed by atoms with Gasteiger partial charge >= 0.3 is 0 Å². The van der Waals surface area contributed by atoms with Gasteiger partial charge in [0.2, 0.25) is 0 Å². The second kappa shape index (κ2) is 2.02. The number of ether oxygens (including phenoxy) is 1. The van der Waals surface area contributed by atoms with Crippen molar-refractivity contribution in [2.45, 2.75) is 32.0 Å². The van der Waals surface area contributed by atoms with Crippen molar-refractivity contribution in [3.8, 4) is 0 Å². The summed E-state index contributed by atoms with van der Waals surface area (Å²) in [5.74, 6) is 0. The average molecular weight is 124 g/mol. The fraction of sp³-hybridized carbons (Fsp3) is 0.625. The highest BCUT2D eigenvalue weighted by Crippen LogP contribution is 2.37. The van der Waals surface area contributed by atoms with Crippen LogP contribution in [0.15, 0.2) is 18.4 Å². The summed E-state index contributed by atoms with van der Waals surface area (Å²) in [7, 11) is 0. The SMILES string of the molecule is C=C=CCC1OC1(C)C. The van der Waals surface area contributed by atoms with E-state index in [-0.39, 0.29) is 5.60 Å². The molecule has 0 bridgehead atoms. The maximum Gasteiger partial charge on any atom is 0.0908 e. The molecule has 9 heavy (non-hydrogen) atoms. The van der Waals surface area contributed by atoms with Gasteiger partial charge in [0.25, 0.3) is 0 Å². The summed E-state index contributed by atoms with van der Waals surface area (Å²) in [6, 6.07) is 0. The fourth-order valence-corrected chi connectivity index (χ4v) is 0.855. The third-order valence-electron chi connectivity index (χ3n) is 1.64. The van der Waals surface area contributed by atoms with Gasteiger partial charge in [-0.25, -0.2) is 0 Å². The molecule has 0 spiro atoms. The van der Waals surface area contributed by atoms with Crippen LogP contribution in [-0.4, -0.2) is 11.7 Å². The molecule has 0 saturated carbocycles. The Morgan fingerprint density at radius 1 is 1.78 bits per heavy atom. The predicted molar refractivity (Wildman–Crippen MR) is 37.3 cm³/mol. The van der Waals surface area contributed by atoms with Crippen molar-refractivity contribution < 1.29 is 4.74 Å². The Morgan fingerprint density at radius 3 is 2.67 bits per heavy atom. The molecule has 1 unspecified atom stereocenters. The number of hydrogen-bond acceptors (Lipinski definition) is 1. The van der Waals surface area contributed by atoms with Gasteiger partial charge in [0.1, 0.15) is 0 Å². The van der Waals surface area contributed by atoms with Crippen LogP contribution in [0.1, 0.15) is 20.3 Å². The highest BCUT2D eigenvalue weighted by molar-refractivity contribution is 4.99. The lowest BCUT2D eigenvalue weighted by molar-refractivity contribution is 0.324. The molecule has 0 amide bonds. The third-order valence-corrected chi connectivity index (χ3v) is 1.64. The van der Waals surface area contributed by atoms with E-state index in [4.69, 9.17) is 4.74 Å². The molecule has 0 aliphatic carbocycles. The second-order valence-electron chi connectivity index (χ2n) is 2.85. The lowest BCUT2D eigenvalue weighted by atomic mass is 10.1. The molecule has 1 heteroatoms. The molecule has 0 N–H and O–H groups in total. The first kappa shape index (κ1) is 6.60. The van der Waals surface area contributed by atoms with Crippen molar-refractivity contribution in [3.05, 3.63) is 18.4 Å². The van der Waals surface area contributed by atoms with Crippen LogP contribution in [0.3, 0.4) is 0 Å². The highest BCUT2D eigenvalue weighted by Gasteiger charge is 2.46. The molecule has 1 aliphatic heterocycles. The van der Waals surface area contributed by atoms with Gasteiger partial charge in [-0.15, -0.1) is 5.73 Å². The van der Waals surface area contributed by atoms with Crippen molar-refractivity contribution in [3.63, 3.8) is 0 Å². The van der Waals surface area contributed by atoms with Crippen LogP contribution in [0.25, 0.3) is 0 Å². The quantitative estimate of drug-likeness (QED) is 0.404. The molecule has 0 aromatic carbocycles. The van der Waals surface area contributed by atoms with E-state index in [1.54, 1.807) is 0 Å². The van der Waals surface area contributed by atoms with Crippen LogP contribution in [-0.2, 0) is 4.74 Å². The molecule has 0 aromatic heterocycles. The summed E-state index contributed by atoms with van der Waals surface area (Å²) < 4.78 is 5.31. The Kier molecular flexibility index (Phi) is 1.48. The van der Waals surface area contributed by atoms with E-state index in [0.29, 0.717) is 6.10 Å². The molecule has 1 rings (SSSR count). The predicted octanol–water partition coefficient (Wildman–Crippen LogP) is 1.89. The van der Waals surface area contributed by atoms with Crippen LogP contribution in [0.2, 0.25) is 0 Å². The second-order valence-corrected chi connectivity index (χ2v) is 2.85. The standard InChI is InChI=1S/C8H12O/c1-4-5-6-7-8(2,3)9-7/h5,7H,1,6H2,2-3H3. The third kappa shape index (κ3) is 1.44. The number of rotatable bonds is 2. The Hall–Kier alpha value is -0.520. The summed E-state index contributed by atoms with van der Waals surface area (Å²) in [5.41, 5.74) is 2.84. The Morgan fingerprint density at radius 2 is 2.33 bits per heavy atom. The van der Waals surface area contributed by atoms with Crippen LogP contribution in [0.4, 0.5) is 0 Å². The van der Waals surface area contributed by atoms with Gasteiger partial charge < -0.3 is 4.74 Å². The lowest BCUT2D eigenvalue weighted by Crippen LogP contribution is -2.00. The van der Waals surface area contributed by atoms with Crippen molar-refractivity contribution in [1.82, 2.24) is 0 Å². The maximum absolute atomic E-state index is 5.31. The minimum Gasteiger partial charge on any atom is -0.366 e. The topological polar surface area (TPSA) is 12.5 Å². The van der Waals surface area contributed by atoms with Gasteiger partial charge in [0.15, 0.2) is 0 Å². The van der Waals surface area contributed by atoms with Gasteiger partial charge in [0, 0.05) is 6.42 Å². The molecule has 1 fully saturated rings. The minimum atomic E-state index is 0.118. The Bertz CT molecular complexity index is 152. The fourth-order valence-electron chi connectivity index (χ4n) is 0.855. The van der Waals surface area contributed by atoms with Crippen LogP contribution >= 0.6 is 0 Å². The molecule has 50 valence electrons. The van der Waals surface area contributed by atoms with Crippen molar-refractivity contribution >= 4 is 0 Å². The number of epoxide rings is 1. The van der Waals surface area contributed by atoms with Gasteiger partial charge in [-0.1, -0.05) is 6.58 Å². The summed E-state index contributed by atoms with van der Waals surface area (Å²) in [6.45, 7) is 7.66. The smallest absolute Gasteiger partial charge is 0.0908 e. The normalized spacial score (nSPS) is 28.9. The van der Waals surface area contributed by atoms with E-state index in [9.17, 15) is 0 Å². The number of hydrogen-bond donors (Lipinski definition) is 0. The Balaban J connectivity index is 2.27. The van der Waals surface area contributed by atoms with Crippen LogP contribution in [0.5, 0.6) is 0 Å². The maximum atomic E-state index is 5.31. The largest absolute Gasteiger partial charge is 0.366 e. The van der Waals surface area contributed by atoms with Gasteiger partial charge in [0.05, 0.1) is 11.7 Å². The van der Waals surface area contributed by atoms with E-state index in [2.05, 4.69) is 26.2 Å². The van der Waals surface area contributed by atoms with Crippen molar-refractivity contribution in [2.75, 3.05) is 0 Å². The molecular formula is C8H12O. The van der Waals surface area contributed by atoms with E-state index in [1.807, 2.05) is 6.08 Å². The van der Waals surface area contributed by atoms with Crippen LogP contribution in [0, 0.1) is 0 Å². The van der Waals surface area contributed by atoms with E-state index < -0.39 is 0 Å². The van der Waals surface area contributed by atoms with E-state index >= 15 is 0 Å². The highest BCUT2D eigenvalue weighted by atomic mass is 16.6. The first-order chi connectivity index (χ1) is 4.17. The van der Waals surface area contributed by atoms with Crippen LogP contribution < -0.4 is 0 Å². The zero-order valence-electron chi connectivity index (χ0n) is 5.98. The summed E-state index contributed by atoms with van der Waals surface area (Å²) in [4.78, 5) is 0. The molecule has 1 aliphatic rings. The van der Waals surface area contributed by atoms with E-state index in [0.717, 1.165) is 6.42 Å². The zero-order chi connectivity index (χ0) is 6.91. The van der Waals surface area contributed by atoms with Crippen molar-refractivity contribution in [2.24, 2.45) is 0 Å². The van der Waals surface area contributed by atoms with Crippen molar-refractivity contribution in [1.29, 1.82) is 0 Å². The first-order valence-electron chi connectivity index (χ1n) is 3.19. The molecular weight excluding hydrogens is 112 g/mol. The molecule has 1 atom stereocenters. The first-order valence-corrected chi connectivity index (χ1v) is 3.19. The summed E-state index contributed by atoms with van der Waals surface area (Å²) in [5, 5.41) is 0. The summed E-state index contributed by atoms with van der Waals surface area (Å²) >= 11 is 0. The molecule has 1 heterocycles. The Labute approximate surface area is 56.0 Å². The summed E-state index contributed by atoms with van der Waals surface area (Å²) in [6.07, 6.45) is 3.28. The van der Waals surface area contributed by atoms with Gasteiger partial charge in [-0.05, 0) is 19.9 Å².